The van der Waals surface area contributed by atoms with Crippen molar-refractivity contribution in [3.05, 3.63) is 60.2 Å². The molecule has 0 aliphatic carbocycles. The van der Waals surface area contributed by atoms with Crippen LogP contribution in [-0.2, 0) is 9.59 Å². The molecule has 0 heterocycles. The Labute approximate surface area is 168 Å². The molecule has 0 aliphatic heterocycles. The quantitative estimate of drug-likeness (QED) is 0.662. The van der Waals surface area contributed by atoms with Gasteiger partial charge in [-0.2, -0.15) is 0 Å². The van der Waals surface area contributed by atoms with E-state index in [9.17, 15) is 9.59 Å². The van der Waals surface area contributed by atoms with Crippen molar-refractivity contribution >= 4 is 23.2 Å². The number of amides is 2. The summed E-state index contributed by atoms with van der Waals surface area (Å²) in [7, 11) is 0. The van der Waals surface area contributed by atoms with Crippen molar-refractivity contribution in [3.8, 4) is 0 Å². The summed E-state index contributed by atoms with van der Waals surface area (Å²) < 4.78 is 0. The molecule has 150 valence electrons. The molecule has 2 aromatic rings. The molecule has 2 N–H and O–H groups in total. The first-order valence-electron chi connectivity index (χ1n) is 9.94. The number of anilines is 2. The van der Waals surface area contributed by atoms with Crippen LogP contribution in [0.5, 0.6) is 0 Å². The Kier molecular flexibility index (Phi) is 8.20. The number of hydrogen-bond donors (Lipinski definition) is 2. The van der Waals surface area contributed by atoms with Gasteiger partial charge in [0.15, 0.2) is 0 Å². The Morgan fingerprint density at radius 2 is 1.39 bits per heavy atom. The van der Waals surface area contributed by atoms with Crippen molar-refractivity contribution in [2.24, 2.45) is 5.92 Å². The van der Waals surface area contributed by atoms with Crippen molar-refractivity contribution in [1.29, 1.82) is 0 Å². The summed E-state index contributed by atoms with van der Waals surface area (Å²) >= 11 is 0. The van der Waals surface area contributed by atoms with Gasteiger partial charge in [-0.05, 0) is 48.8 Å². The summed E-state index contributed by atoms with van der Waals surface area (Å²) in [5.41, 5.74) is 2.41. The van der Waals surface area contributed by atoms with E-state index >= 15 is 0 Å². The first-order chi connectivity index (χ1) is 13.4. The third-order valence-electron chi connectivity index (χ3n) is 4.57. The maximum Gasteiger partial charge on any atom is 0.246 e. The van der Waals surface area contributed by atoms with Crippen molar-refractivity contribution in [1.82, 2.24) is 4.90 Å². The van der Waals surface area contributed by atoms with E-state index in [0.717, 1.165) is 24.3 Å². The summed E-state index contributed by atoms with van der Waals surface area (Å²) in [5, 5.41) is 5.89. The molecule has 0 bridgehead atoms. The van der Waals surface area contributed by atoms with Crippen LogP contribution in [-0.4, -0.2) is 29.8 Å². The molecule has 2 amide bonds. The molecule has 0 radical (unpaired) electrons. The molecule has 28 heavy (non-hydrogen) atoms. The van der Waals surface area contributed by atoms with Gasteiger partial charge in [0.1, 0.15) is 6.04 Å². The minimum Gasteiger partial charge on any atom is -0.326 e. The predicted octanol–water partition coefficient (Wildman–Crippen LogP) is 4.69. The Hall–Kier alpha value is -2.66. The number of likely N-dealkylation sites (N-methyl/N-ethyl adjacent to an activating group) is 1. The average molecular weight is 382 g/mol. The number of carbonyl (C=O) groups excluding carboxylic acids is 2. The van der Waals surface area contributed by atoms with E-state index in [0.29, 0.717) is 18.0 Å². The van der Waals surface area contributed by atoms with Gasteiger partial charge in [-0.25, -0.2) is 0 Å². The van der Waals surface area contributed by atoms with Crippen molar-refractivity contribution in [2.75, 3.05) is 23.7 Å². The van der Waals surface area contributed by atoms with E-state index in [4.69, 9.17) is 0 Å². The van der Waals surface area contributed by atoms with Gasteiger partial charge in [0.05, 0.1) is 0 Å². The molecule has 0 saturated heterocycles. The molecule has 0 fully saturated rings. The maximum absolute atomic E-state index is 13.0. The zero-order chi connectivity index (χ0) is 20.5. The second-order valence-electron chi connectivity index (χ2n) is 7.25. The van der Waals surface area contributed by atoms with Crippen LogP contribution in [0.15, 0.2) is 54.6 Å². The minimum atomic E-state index is -0.346. The first kappa shape index (κ1) is 21.6. The normalized spacial score (nSPS) is 12.1. The fourth-order valence-electron chi connectivity index (χ4n) is 3.18. The van der Waals surface area contributed by atoms with Crippen molar-refractivity contribution in [3.63, 3.8) is 0 Å². The highest BCUT2D eigenvalue weighted by Crippen LogP contribution is 2.23. The highest BCUT2D eigenvalue weighted by Gasteiger charge is 2.25. The van der Waals surface area contributed by atoms with Gasteiger partial charge in [0.2, 0.25) is 11.8 Å². The average Bonchev–Trinajstić information content (AvgIpc) is 2.67. The largest absolute Gasteiger partial charge is 0.326 e. The predicted molar refractivity (Wildman–Crippen MR) is 115 cm³/mol. The number of nitrogens with one attached hydrogen (secondary N) is 2. The van der Waals surface area contributed by atoms with Gasteiger partial charge in [0.25, 0.3) is 0 Å². The summed E-state index contributed by atoms with van der Waals surface area (Å²) in [4.78, 5) is 27.1. The summed E-state index contributed by atoms with van der Waals surface area (Å²) in [6, 6.07) is 16.7. The summed E-state index contributed by atoms with van der Waals surface area (Å²) in [5.74, 6) is 0.248. The Balaban J connectivity index is 2.09. The van der Waals surface area contributed by atoms with Gasteiger partial charge in [-0.15, -0.1) is 0 Å². The van der Waals surface area contributed by atoms with Crippen LogP contribution in [0, 0.1) is 5.92 Å². The second kappa shape index (κ2) is 10.6. The molecule has 0 spiro atoms. The Bertz CT molecular complexity index is 753. The topological polar surface area (TPSA) is 61.4 Å². The Morgan fingerprint density at radius 3 is 1.89 bits per heavy atom. The molecule has 2 rings (SSSR count). The third kappa shape index (κ3) is 6.20. The number of rotatable bonds is 9. The zero-order valence-corrected chi connectivity index (χ0v) is 17.2. The van der Waals surface area contributed by atoms with E-state index in [1.54, 1.807) is 0 Å². The molecule has 0 saturated carbocycles. The fraction of sp³-hybridized carbons (Fsp3) is 0.391. The van der Waals surface area contributed by atoms with Crippen LogP contribution in [0.25, 0.3) is 0 Å². The molecular formula is C23H31N3O2. The van der Waals surface area contributed by atoms with E-state index in [1.807, 2.05) is 68.4 Å². The first-order valence-corrected chi connectivity index (χ1v) is 9.94. The van der Waals surface area contributed by atoms with E-state index < -0.39 is 0 Å². The van der Waals surface area contributed by atoms with Gasteiger partial charge in [-0.1, -0.05) is 58.0 Å². The highest BCUT2D eigenvalue weighted by molar-refractivity contribution is 5.96. The number of carbonyl (C=O) groups is 2. The molecular weight excluding hydrogens is 350 g/mol. The lowest BCUT2D eigenvalue weighted by Crippen LogP contribution is -2.37. The van der Waals surface area contributed by atoms with Crippen molar-refractivity contribution in [2.45, 2.75) is 40.2 Å². The van der Waals surface area contributed by atoms with Gasteiger partial charge >= 0.3 is 0 Å². The van der Waals surface area contributed by atoms with Crippen LogP contribution < -0.4 is 10.6 Å². The third-order valence-corrected chi connectivity index (χ3v) is 4.57. The van der Waals surface area contributed by atoms with E-state index in [1.165, 1.54) is 0 Å². The highest BCUT2D eigenvalue weighted by atomic mass is 16.2. The molecule has 2 aromatic carbocycles. The fourth-order valence-corrected chi connectivity index (χ4v) is 3.18. The van der Waals surface area contributed by atoms with Crippen LogP contribution in [0.3, 0.4) is 0 Å². The Morgan fingerprint density at radius 1 is 0.857 bits per heavy atom. The number of nitrogens with zero attached hydrogens (tertiary/aromatic N) is 1. The number of hydrogen-bond acceptors (Lipinski definition) is 3. The standard InChI is InChI=1S/C23H31N3O2/c1-5-26(6-2)22(18-10-8-7-9-11-18)23(28)25-20-14-12-19(13-15-20)24-21(27)16-17(3)4/h7-15,17,22H,5-6,16H2,1-4H3,(H,24,27)(H,25,28). The molecule has 5 nitrogen and oxygen atoms in total. The molecule has 0 aliphatic rings. The SMILES string of the molecule is CCN(CC)C(C(=O)Nc1ccc(NC(=O)CC(C)C)cc1)c1ccccc1. The summed E-state index contributed by atoms with van der Waals surface area (Å²) in [6.07, 6.45) is 0.487. The second-order valence-corrected chi connectivity index (χ2v) is 7.25. The van der Waals surface area contributed by atoms with Gasteiger partial charge < -0.3 is 10.6 Å². The van der Waals surface area contributed by atoms with Crippen LogP contribution in [0.2, 0.25) is 0 Å². The van der Waals surface area contributed by atoms with Crippen LogP contribution in [0.4, 0.5) is 11.4 Å². The molecule has 0 aromatic heterocycles. The van der Waals surface area contributed by atoms with E-state index in [2.05, 4.69) is 29.4 Å². The number of benzene rings is 2. The molecule has 1 atom stereocenters. The lowest BCUT2D eigenvalue weighted by molar-refractivity contribution is -0.121. The maximum atomic E-state index is 13.0. The lowest BCUT2D eigenvalue weighted by atomic mass is 10.0. The molecule has 1 unspecified atom stereocenters. The van der Waals surface area contributed by atoms with Crippen molar-refractivity contribution < 1.29 is 9.59 Å². The minimum absolute atomic E-state index is 0.00235. The van der Waals surface area contributed by atoms with Crippen LogP contribution in [0.1, 0.15) is 45.7 Å². The lowest BCUT2D eigenvalue weighted by Gasteiger charge is -2.29. The molecule has 5 heteroatoms. The monoisotopic (exact) mass is 381 g/mol. The zero-order valence-electron chi connectivity index (χ0n) is 17.2. The summed E-state index contributed by atoms with van der Waals surface area (Å²) in [6.45, 7) is 9.70. The van der Waals surface area contributed by atoms with Crippen LogP contribution >= 0.6 is 0 Å². The van der Waals surface area contributed by atoms with Gasteiger partial charge in [0, 0.05) is 17.8 Å². The van der Waals surface area contributed by atoms with E-state index in [-0.39, 0.29) is 17.9 Å². The van der Waals surface area contributed by atoms with Gasteiger partial charge in [-0.3, -0.25) is 14.5 Å². The smallest absolute Gasteiger partial charge is 0.246 e.